The molecule has 1 fully saturated rings. The molecular formula is C12H23NO6. The van der Waals surface area contributed by atoms with Crippen molar-refractivity contribution in [2.45, 2.75) is 50.0 Å². The van der Waals surface area contributed by atoms with Crippen molar-refractivity contribution >= 4 is 0 Å². The van der Waals surface area contributed by atoms with Gasteiger partial charge in [-0.3, -0.25) is 0 Å². The van der Waals surface area contributed by atoms with E-state index in [9.17, 15) is 20.4 Å². The Morgan fingerprint density at radius 2 is 1.79 bits per heavy atom. The van der Waals surface area contributed by atoms with Crippen molar-refractivity contribution in [2.24, 2.45) is 5.73 Å². The van der Waals surface area contributed by atoms with Crippen LogP contribution in [0.3, 0.4) is 0 Å². The van der Waals surface area contributed by atoms with E-state index in [2.05, 4.69) is 6.58 Å². The van der Waals surface area contributed by atoms with Crippen LogP contribution in [0, 0.1) is 0 Å². The number of nitrogens with two attached hydrogens (primary N) is 1. The topological polar surface area (TPSA) is 125 Å². The molecule has 1 heterocycles. The molecule has 0 aromatic heterocycles. The first-order valence-electron chi connectivity index (χ1n) is 6.38. The van der Waals surface area contributed by atoms with E-state index in [1.54, 1.807) is 0 Å². The molecule has 1 rings (SSSR count). The lowest BCUT2D eigenvalue weighted by Crippen LogP contribution is -2.58. The van der Waals surface area contributed by atoms with Crippen LogP contribution in [0.2, 0.25) is 0 Å². The average molecular weight is 277 g/mol. The fourth-order valence-corrected chi connectivity index (χ4v) is 1.88. The van der Waals surface area contributed by atoms with Crippen LogP contribution in [0.25, 0.3) is 0 Å². The van der Waals surface area contributed by atoms with E-state index in [1.807, 2.05) is 0 Å². The van der Waals surface area contributed by atoms with Gasteiger partial charge in [0.2, 0.25) is 0 Å². The van der Waals surface area contributed by atoms with Gasteiger partial charge in [-0.1, -0.05) is 6.58 Å². The lowest BCUT2D eigenvalue weighted by Gasteiger charge is -2.39. The molecule has 1 aliphatic heterocycles. The Labute approximate surface area is 112 Å². The number of hydrogen-bond acceptors (Lipinski definition) is 7. The van der Waals surface area contributed by atoms with Crippen molar-refractivity contribution < 1.29 is 29.9 Å². The zero-order valence-electron chi connectivity index (χ0n) is 10.8. The monoisotopic (exact) mass is 277 g/mol. The van der Waals surface area contributed by atoms with Gasteiger partial charge in [-0.25, -0.2) is 0 Å². The van der Waals surface area contributed by atoms with E-state index in [0.29, 0.717) is 13.2 Å². The average Bonchev–Trinajstić information content (AvgIpc) is 2.37. The summed E-state index contributed by atoms with van der Waals surface area (Å²) in [6.45, 7) is 4.19. The van der Waals surface area contributed by atoms with Crippen molar-refractivity contribution in [3.63, 3.8) is 0 Å². The van der Waals surface area contributed by atoms with Crippen LogP contribution in [-0.4, -0.2) is 64.3 Å². The van der Waals surface area contributed by atoms with Gasteiger partial charge in [-0.2, -0.15) is 0 Å². The molecule has 7 nitrogen and oxygen atoms in total. The summed E-state index contributed by atoms with van der Waals surface area (Å²) in [5, 5.41) is 38.2. The predicted molar refractivity (Wildman–Crippen MR) is 67.3 cm³/mol. The van der Waals surface area contributed by atoms with Crippen LogP contribution < -0.4 is 5.73 Å². The molecule has 19 heavy (non-hydrogen) atoms. The van der Waals surface area contributed by atoms with Crippen LogP contribution >= 0.6 is 0 Å². The SMILES string of the molecule is C=C(O)C1OC(OCCCCCN)C(O)C(O)C1O. The number of unbranched alkanes of at least 4 members (excludes halogenated alkanes) is 2. The second kappa shape index (κ2) is 7.78. The molecule has 5 atom stereocenters. The maximum Gasteiger partial charge on any atom is 0.187 e. The van der Waals surface area contributed by atoms with Gasteiger partial charge in [0.05, 0.1) is 0 Å². The first-order valence-corrected chi connectivity index (χ1v) is 6.38. The van der Waals surface area contributed by atoms with Crippen molar-refractivity contribution in [1.82, 2.24) is 0 Å². The Hall–Kier alpha value is -0.700. The zero-order chi connectivity index (χ0) is 14.4. The van der Waals surface area contributed by atoms with Crippen LogP contribution in [0.5, 0.6) is 0 Å². The molecule has 0 amide bonds. The molecule has 0 aromatic rings. The lowest BCUT2D eigenvalue weighted by molar-refractivity contribution is -0.293. The number of aliphatic hydroxyl groups excluding tert-OH is 4. The first-order chi connectivity index (χ1) is 8.99. The third kappa shape index (κ3) is 4.41. The Balaban J connectivity index is 2.45. The molecule has 0 aromatic carbocycles. The van der Waals surface area contributed by atoms with Gasteiger partial charge in [0.15, 0.2) is 6.29 Å². The molecule has 5 unspecified atom stereocenters. The maximum atomic E-state index is 9.72. The summed E-state index contributed by atoms with van der Waals surface area (Å²) in [5.74, 6) is -0.421. The van der Waals surface area contributed by atoms with E-state index in [1.165, 1.54) is 0 Å². The van der Waals surface area contributed by atoms with Crippen molar-refractivity contribution in [2.75, 3.05) is 13.2 Å². The second-order valence-corrected chi connectivity index (χ2v) is 4.61. The molecule has 6 N–H and O–H groups in total. The van der Waals surface area contributed by atoms with Crippen LogP contribution in [0.15, 0.2) is 12.3 Å². The fraction of sp³-hybridized carbons (Fsp3) is 0.833. The summed E-state index contributed by atoms with van der Waals surface area (Å²) in [7, 11) is 0. The minimum atomic E-state index is -1.46. The highest BCUT2D eigenvalue weighted by molar-refractivity contribution is 5.02. The molecule has 1 aliphatic rings. The summed E-state index contributed by atoms with van der Waals surface area (Å²) in [6, 6.07) is 0. The van der Waals surface area contributed by atoms with Gasteiger partial charge in [0.1, 0.15) is 30.2 Å². The van der Waals surface area contributed by atoms with Crippen LogP contribution in [-0.2, 0) is 9.47 Å². The summed E-state index contributed by atoms with van der Waals surface area (Å²) < 4.78 is 10.5. The van der Waals surface area contributed by atoms with E-state index >= 15 is 0 Å². The van der Waals surface area contributed by atoms with Gasteiger partial charge < -0.3 is 35.6 Å². The second-order valence-electron chi connectivity index (χ2n) is 4.61. The third-order valence-electron chi connectivity index (χ3n) is 3.03. The molecule has 0 aliphatic carbocycles. The molecule has 0 bridgehead atoms. The standard InChI is InChI=1S/C12H23NO6/c1-7(14)11-9(16)8(15)10(17)12(19-11)18-6-4-2-3-5-13/h8-12,14-17H,1-6,13H2. The molecule has 112 valence electrons. The van der Waals surface area contributed by atoms with Gasteiger partial charge in [-0.05, 0) is 25.8 Å². The van der Waals surface area contributed by atoms with E-state index < -0.39 is 36.5 Å². The van der Waals surface area contributed by atoms with Crippen molar-refractivity contribution in [3.05, 3.63) is 12.3 Å². The highest BCUT2D eigenvalue weighted by atomic mass is 16.7. The third-order valence-corrected chi connectivity index (χ3v) is 3.03. The molecule has 1 saturated heterocycles. The molecule has 0 saturated carbocycles. The van der Waals surface area contributed by atoms with E-state index in [4.69, 9.17) is 15.2 Å². The highest BCUT2D eigenvalue weighted by Gasteiger charge is 2.45. The van der Waals surface area contributed by atoms with Gasteiger partial charge in [0, 0.05) is 6.61 Å². The van der Waals surface area contributed by atoms with E-state index in [0.717, 1.165) is 19.3 Å². The Morgan fingerprint density at radius 1 is 1.11 bits per heavy atom. The zero-order valence-corrected chi connectivity index (χ0v) is 10.8. The minimum absolute atomic E-state index is 0.329. The number of hydrogen-bond donors (Lipinski definition) is 5. The molecule has 0 radical (unpaired) electrons. The Kier molecular flexibility index (Phi) is 6.70. The molecule has 7 heteroatoms. The fourth-order valence-electron chi connectivity index (χ4n) is 1.88. The van der Waals surface area contributed by atoms with Gasteiger partial charge in [0.25, 0.3) is 0 Å². The number of rotatable bonds is 7. The minimum Gasteiger partial charge on any atom is -0.510 e. The summed E-state index contributed by atoms with van der Waals surface area (Å²) in [4.78, 5) is 0. The molecular weight excluding hydrogens is 254 g/mol. The largest absolute Gasteiger partial charge is 0.510 e. The predicted octanol–water partition coefficient (Wildman–Crippen LogP) is -0.989. The Morgan fingerprint density at radius 3 is 2.37 bits per heavy atom. The highest BCUT2D eigenvalue weighted by Crippen LogP contribution is 2.25. The van der Waals surface area contributed by atoms with Crippen molar-refractivity contribution in [1.29, 1.82) is 0 Å². The van der Waals surface area contributed by atoms with E-state index in [-0.39, 0.29) is 0 Å². The smallest absolute Gasteiger partial charge is 0.187 e. The lowest BCUT2D eigenvalue weighted by atomic mass is 9.98. The van der Waals surface area contributed by atoms with Crippen molar-refractivity contribution in [3.8, 4) is 0 Å². The first kappa shape index (κ1) is 16.4. The summed E-state index contributed by atoms with van der Waals surface area (Å²) in [5.41, 5.74) is 5.36. The number of aliphatic hydroxyl groups is 4. The number of ether oxygens (including phenoxy) is 2. The summed E-state index contributed by atoms with van der Waals surface area (Å²) >= 11 is 0. The van der Waals surface area contributed by atoms with Crippen LogP contribution in [0.4, 0.5) is 0 Å². The van der Waals surface area contributed by atoms with Gasteiger partial charge >= 0.3 is 0 Å². The maximum absolute atomic E-state index is 9.72. The van der Waals surface area contributed by atoms with Crippen LogP contribution in [0.1, 0.15) is 19.3 Å². The summed E-state index contributed by atoms with van der Waals surface area (Å²) in [6.07, 6.45) is -4.04. The Bertz CT molecular complexity index is 287. The quantitative estimate of drug-likeness (QED) is 0.299. The molecule has 0 spiro atoms. The normalized spacial score (nSPS) is 35.3. The van der Waals surface area contributed by atoms with Gasteiger partial charge in [-0.15, -0.1) is 0 Å².